The summed E-state index contributed by atoms with van der Waals surface area (Å²) in [7, 11) is 0. The van der Waals surface area contributed by atoms with Crippen LogP contribution < -0.4 is 5.32 Å². The van der Waals surface area contributed by atoms with E-state index in [9.17, 15) is 4.79 Å². The Morgan fingerprint density at radius 3 is 2.71 bits per heavy atom. The van der Waals surface area contributed by atoms with Gasteiger partial charge in [-0.15, -0.1) is 11.3 Å². The van der Waals surface area contributed by atoms with Crippen molar-refractivity contribution >= 4 is 33.2 Å². The predicted molar refractivity (Wildman–Crippen MR) is 89.7 cm³/mol. The fourth-order valence-corrected chi connectivity index (χ4v) is 3.57. The third-order valence-corrected chi connectivity index (χ3v) is 4.92. The first-order valence-corrected chi connectivity index (χ1v) is 8.53. The average Bonchev–Trinajstić information content (AvgIpc) is 2.88. The normalized spacial score (nSPS) is 12.2. The summed E-state index contributed by atoms with van der Waals surface area (Å²) in [4.78, 5) is 12.0. The van der Waals surface area contributed by atoms with Crippen LogP contribution in [-0.2, 0) is 17.8 Å². The molecule has 0 aliphatic carbocycles. The molecular formula is C16H18BrNO2S. The number of rotatable bonds is 8. The second kappa shape index (κ2) is 8.32. The van der Waals surface area contributed by atoms with Crippen molar-refractivity contribution in [1.82, 2.24) is 5.32 Å². The van der Waals surface area contributed by atoms with E-state index in [2.05, 4.69) is 44.8 Å². The van der Waals surface area contributed by atoms with E-state index in [1.54, 1.807) is 11.3 Å². The smallest absolute Gasteiger partial charge is 0.303 e. The lowest BCUT2D eigenvalue weighted by atomic mass is 10.0. The zero-order valence-corrected chi connectivity index (χ0v) is 14.0. The Labute approximate surface area is 137 Å². The minimum atomic E-state index is -0.742. The molecule has 0 fully saturated rings. The second-order valence-electron chi connectivity index (χ2n) is 4.93. The molecule has 0 aliphatic heterocycles. The molecular weight excluding hydrogens is 350 g/mol. The van der Waals surface area contributed by atoms with Crippen LogP contribution in [0.1, 0.15) is 23.3 Å². The Kier molecular flexibility index (Phi) is 6.42. The van der Waals surface area contributed by atoms with E-state index in [1.165, 1.54) is 10.4 Å². The van der Waals surface area contributed by atoms with Crippen molar-refractivity contribution < 1.29 is 9.90 Å². The maximum atomic E-state index is 10.8. The standard InChI is InChI=1S/C16H18BrNO2S/c17-13-9-15(21-11-13)10-18-14(6-7-16(19)20)8-12-4-2-1-3-5-12/h1-5,9,11,14,18H,6-8,10H2,(H,19,20). The highest BCUT2D eigenvalue weighted by molar-refractivity contribution is 9.10. The highest BCUT2D eigenvalue weighted by Gasteiger charge is 2.12. The minimum absolute atomic E-state index is 0.171. The monoisotopic (exact) mass is 367 g/mol. The van der Waals surface area contributed by atoms with Crippen molar-refractivity contribution in [2.75, 3.05) is 0 Å². The Bertz CT molecular complexity index is 571. The molecule has 0 amide bonds. The van der Waals surface area contributed by atoms with Crippen molar-refractivity contribution in [2.24, 2.45) is 0 Å². The molecule has 0 aliphatic rings. The number of nitrogens with one attached hydrogen (secondary N) is 1. The highest BCUT2D eigenvalue weighted by atomic mass is 79.9. The molecule has 0 radical (unpaired) electrons. The van der Waals surface area contributed by atoms with Crippen LogP contribution in [0, 0.1) is 0 Å². The van der Waals surface area contributed by atoms with Gasteiger partial charge in [0.15, 0.2) is 0 Å². The Balaban J connectivity index is 1.92. The van der Waals surface area contributed by atoms with E-state index >= 15 is 0 Å². The predicted octanol–water partition coefficient (Wildman–Crippen LogP) is 4.08. The van der Waals surface area contributed by atoms with Gasteiger partial charge >= 0.3 is 5.97 Å². The van der Waals surface area contributed by atoms with Crippen LogP contribution >= 0.6 is 27.3 Å². The molecule has 2 aromatic rings. The number of carboxylic acids is 1. The number of aliphatic carboxylic acids is 1. The topological polar surface area (TPSA) is 49.3 Å². The van der Waals surface area contributed by atoms with E-state index in [0.717, 1.165) is 17.4 Å². The lowest BCUT2D eigenvalue weighted by Crippen LogP contribution is -2.31. The molecule has 2 rings (SSSR count). The van der Waals surface area contributed by atoms with Gasteiger partial charge in [-0.05, 0) is 40.4 Å². The van der Waals surface area contributed by atoms with Crippen molar-refractivity contribution in [3.05, 3.63) is 56.7 Å². The number of hydrogen-bond donors (Lipinski definition) is 2. The molecule has 0 spiro atoms. The van der Waals surface area contributed by atoms with E-state index in [1.807, 2.05) is 18.2 Å². The summed E-state index contributed by atoms with van der Waals surface area (Å²) in [5.74, 6) is -0.742. The molecule has 1 aromatic carbocycles. The van der Waals surface area contributed by atoms with Gasteiger partial charge < -0.3 is 10.4 Å². The van der Waals surface area contributed by atoms with Crippen LogP contribution in [0.2, 0.25) is 0 Å². The molecule has 1 unspecified atom stereocenters. The van der Waals surface area contributed by atoms with Gasteiger partial charge in [-0.25, -0.2) is 0 Å². The summed E-state index contributed by atoms with van der Waals surface area (Å²) >= 11 is 5.14. The zero-order valence-electron chi connectivity index (χ0n) is 11.6. The zero-order chi connectivity index (χ0) is 15.1. The number of benzene rings is 1. The van der Waals surface area contributed by atoms with Gasteiger partial charge in [-0.3, -0.25) is 4.79 Å². The summed E-state index contributed by atoms with van der Waals surface area (Å²) in [6.45, 7) is 0.771. The van der Waals surface area contributed by atoms with Crippen LogP contribution in [0.4, 0.5) is 0 Å². The SMILES string of the molecule is O=C(O)CCC(Cc1ccccc1)NCc1cc(Br)cs1. The van der Waals surface area contributed by atoms with Crippen molar-refractivity contribution in [1.29, 1.82) is 0 Å². The Morgan fingerprint density at radius 2 is 2.10 bits per heavy atom. The van der Waals surface area contributed by atoms with Crippen molar-refractivity contribution in [3.63, 3.8) is 0 Å². The van der Waals surface area contributed by atoms with Crippen molar-refractivity contribution in [3.8, 4) is 0 Å². The molecule has 2 N–H and O–H groups in total. The minimum Gasteiger partial charge on any atom is -0.481 e. The third kappa shape index (κ3) is 5.99. The van der Waals surface area contributed by atoms with Gasteiger partial charge in [-0.2, -0.15) is 0 Å². The first kappa shape index (κ1) is 16.2. The summed E-state index contributed by atoms with van der Waals surface area (Å²) in [6, 6.07) is 12.4. The number of halogens is 1. The summed E-state index contributed by atoms with van der Waals surface area (Å²) in [5, 5.41) is 14.4. The molecule has 112 valence electrons. The molecule has 1 aromatic heterocycles. The lowest BCUT2D eigenvalue weighted by Gasteiger charge is -2.17. The van der Waals surface area contributed by atoms with Gasteiger partial charge in [0, 0.05) is 33.7 Å². The molecule has 5 heteroatoms. The number of hydrogen-bond acceptors (Lipinski definition) is 3. The number of carbonyl (C=O) groups is 1. The largest absolute Gasteiger partial charge is 0.481 e. The molecule has 1 heterocycles. The van der Waals surface area contributed by atoms with E-state index in [-0.39, 0.29) is 12.5 Å². The van der Waals surface area contributed by atoms with E-state index < -0.39 is 5.97 Å². The van der Waals surface area contributed by atoms with E-state index in [0.29, 0.717) is 6.42 Å². The van der Waals surface area contributed by atoms with E-state index in [4.69, 9.17) is 5.11 Å². The molecule has 3 nitrogen and oxygen atoms in total. The van der Waals surface area contributed by atoms with Gasteiger partial charge in [0.25, 0.3) is 0 Å². The van der Waals surface area contributed by atoms with Crippen LogP contribution in [0.5, 0.6) is 0 Å². The summed E-state index contributed by atoms with van der Waals surface area (Å²) < 4.78 is 1.09. The lowest BCUT2D eigenvalue weighted by molar-refractivity contribution is -0.137. The highest BCUT2D eigenvalue weighted by Crippen LogP contribution is 2.20. The molecule has 1 atom stereocenters. The molecule has 21 heavy (non-hydrogen) atoms. The molecule has 0 saturated carbocycles. The first-order valence-electron chi connectivity index (χ1n) is 6.85. The Morgan fingerprint density at radius 1 is 1.33 bits per heavy atom. The summed E-state index contributed by atoms with van der Waals surface area (Å²) in [6.07, 6.45) is 1.68. The third-order valence-electron chi connectivity index (χ3n) is 3.22. The maximum Gasteiger partial charge on any atom is 0.303 e. The van der Waals surface area contributed by atoms with Gasteiger partial charge in [-0.1, -0.05) is 30.3 Å². The second-order valence-corrected chi connectivity index (χ2v) is 6.84. The fraction of sp³-hybridized carbons (Fsp3) is 0.312. The number of carboxylic acid groups (broad SMARTS) is 1. The average molecular weight is 368 g/mol. The maximum absolute atomic E-state index is 10.8. The van der Waals surface area contributed by atoms with Crippen LogP contribution in [0.25, 0.3) is 0 Å². The van der Waals surface area contributed by atoms with Crippen LogP contribution in [-0.4, -0.2) is 17.1 Å². The summed E-state index contributed by atoms with van der Waals surface area (Å²) in [5.41, 5.74) is 1.23. The Hall–Kier alpha value is -1.17. The molecule has 0 saturated heterocycles. The van der Waals surface area contributed by atoms with Crippen molar-refractivity contribution in [2.45, 2.75) is 31.8 Å². The molecule has 0 bridgehead atoms. The quantitative estimate of drug-likeness (QED) is 0.738. The number of thiophene rings is 1. The van der Waals surface area contributed by atoms with Gasteiger partial charge in [0.1, 0.15) is 0 Å². The fourth-order valence-electron chi connectivity index (χ4n) is 2.16. The van der Waals surface area contributed by atoms with Crippen LogP contribution in [0.15, 0.2) is 46.3 Å². The first-order chi connectivity index (χ1) is 10.1. The van der Waals surface area contributed by atoms with Gasteiger partial charge in [0.05, 0.1) is 0 Å². The van der Waals surface area contributed by atoms with Crippen LogP contribution in [0.3, 0.4) is 0 Å². The van der Waals surface area contributed by atoms with Gasteiger partial charge in [0.2, 0.25) is 0 Å².